The summed E-state index contributed by atoms with van der Waals surface area (Å²) in [6, 6.07) is 0. The minimum Gasteiger partial charge on any atom is -0.294 e. The normalized spacial score (nSPS) is 11.7. The number of halogens is 1. The predicted octanol–water partition coefficient (Wildman–Crippen LogP) is 3.47. The molecule has 0 aliphatic rings. The van der Waals surface area contributed by atoms with Crippen molar-refractivity contribution >= 4 is 28.4 Å². The lowest BCUT2D eigenvalue weighted by molar-refractivity contribution is -0.114. The molecule has 0 spiro atoms. The fourth-order valence-corrected chi connectivity index (χ4v) is 1.46. The van der Waals surface area contributed by atoms with Gasteiger partial charge in [0.05, 0.1) is 3.58 Å². The molecule has 0 saturated carbocycles. The lowest BCUT2D eigenvalue weighted by Gasteiger charge is -1.96. The van der Waals surface area contributed by atoms with E-state index in [-0.39, 0.29) is 0 Å². The SMILES string of the molecule is CC/C=C(\I)C(=O)CCCC. The lowest BCUT2D eigenvalue weighted by Crippen LogP contribution is -1.96. The molecule has 0 radical (unpaired) electrons. The van der Waals surface area contributed by atoms with Crippen LogP contribution in [0.1, 0.15) is 39.5 Å². The Balaban J connectivity index is 3.73. The Hall–Kier alpha value is 0.140. The van der Waals surface area contributed by atoms with Gasteiger partial charge in [0.15, 0.2) is 5.78 Å². The molecule has 0 N–H and O–H groups in total. The molecule has 11 heavy (non-hydrogen) atoms. The van der Waals surface area contributed by atoms with E-state index in [0.29, 0.717) is 12.2 Å². The highest BCUT2D eigenvalue weighted by molar-refractivity contribution is 14.1. The quantitative estimate of drug-likeness (QED) is 0.550. The van der Waals surface area contributed by atoms with Crippen molar-refractivity contribution in [3.63, 3.8) is 0 Å². The molecule has 0 amide bonds. The number of hydrogen-bond acceptors (Lipinski definition) is 1. The van der Waals surface area contributed by atoms with Crippen LogP contribution in [0.25, 0.3) is 0 Å². The average Bonchev–Trinajstić information content (AvgIpc) is 2.00. The number of carbonyl (C=O) groups is 1. The van der Waals surface area contributed by atoms with Crippen molar-refractivity contribution in [1.82, 2.24) is 0 Å². The predicted molar refractivity (Wildman–Crippen MR) is 56.9 cm³/mol. The van der Waals surface area contributed by atoms with Crippen molar-refractivity contribution in [2.24, 2.45) is 0 Å². The molecule has 64 valence electrons. The molecule has 0 aromatic heterocycles. The summed E-state index contributed by atoms with van der Waals surface area (Å²) in [4.78, 5) is 11.2. The number of carbonyl (C=O) groups excluding carboxylic acids is 1. The third-order valence-corrected chi connectivity index (χ3v) is 2.45. The number of hydrogen-bond donors (Lipinski definition) is 0. The van der Waals surface area contributed by atoms with E-state index in [1.807, 2.05) is 13.0 Å². The third-order valence-electron chi connectivity index (χ3n) is 1.41. The Morgan fingerprint density at radius 3 is 2.55 bits per heavy atom. The highest BCUT2D eigenvalue weighted by Crippen LogP contribution is 2.12. The average molecular weight is 266 g/mol. The van der Waals surface area contributed by atoms with Crippen molar-refractivity contribution in [3.8, 4) is 0 Å². The van der Waals surface area contributed by atoms with Gasteiger partial charge in [0.2, 0.25) is 0 Å². The second-order valence-corrected chi connectivity index (χ2v) is 3.65. The molecule has 1 nitrogen and oxygen atoms in total. The second-order valence-electron chi connectivity index (χ2n) is 2.49. The fraction of sp³-hybridized carbons (Fsp3) is 0.667. The van der Waals surface area contributed by atoms with Gasteiger partial charge in [0.1, 0.15) is 0 Å². The number of unbranched alkanes of at least 4 members (excludes halogenated alkanes) is 1. The molecule has 0 aliphatic heterocycles. The van der Waals surface area contributed by atoms with Gasteiger partial charge in [0, 0.05) is 6.42 Å². The largest absolute Gasteiger partial charge is 0.294 e. The number of allylic oxidation sites excluding steroid dienone is 2. The van der Waals surface area contributed by atoms with Gasteiger partial charge in [0.25, 0.3) is 0 Å². The fourth-order valence-electron chi connectivity index (χ4n) is 0.750. The number of ketones is 1. The first-order chi connectivity index (χ1) is 5.22. The minimum absolute atomic E-state index is 0.300. The molecule has 0 rings (SSSR count). The van der Waals surface area contributed by atoms with Crippen LogP contribution < -0.4 is 0 Å². The first-order valence-electron chi connectivity index (χ1n) is 4.11. The van der Waals surface area contributed by atoms with Crippen LogP contribution in [0.4, 0.5) is 0 Å². The van der Waals surface area contributed by atoms with Gasteiger partial charge in [-0.3, -0.25) is 4.79 Å². The number of Topliss-reactive ketones (excluding diaryl/α,β-unsaturated/α-hetero) is 1. The van der Waals surface area contributed by atoms with E-state index in [1.54, 1.807) is 0 Å². The van der Waals surface area contributed by atoms with E-state index in [0.717, 1.165) is 22.8 Å². The molecule has 0 aliphatic carbocycles. The van der Waals surface area contributed by atoms with Gasteiger partial charge in [-0.15, -0.1) is 0 Å². The molecule has 0 saturated heterocycles. The molecular weight excluding hydrogens is 251 g/mol. The summed E-state index contributed by atoms with van der Waals surface area (Å²) in [5.74, 6) is 0.300. The van der Waals surface area contributed by atoms with Crippen molar-refractivity contribution in [1.29, 1.82) is 0 Å². The van der Waals surface area contributed by atoms with Gasteiger partial charge < -0.3 is 0 Å². The van der Waals surface area contributed by atoms with Crippen LogP contribution in [0.3, 0.4) is 0 Å². The van der Waals surface area contributed by atoms with Gasteiger partial charge in [-0.1, -0.05) is 26.3 Å². The van der Waals surface area contributed by atoms with Crippen molar-refractivity contribution in [3.05, 3.63) is 9.66 Å². The molecule has 0 aromatic carbocycles. The summed E-state index contributed by atoms with van der Waals surface area (Å²) in [6.07, 6.45) is 5.77. The van der Waals surface area contributed by atoms with Crippen LogP contribution in [0.2, 0.25) is 0 Å². The van der Waals surface area contributed by atoms with E-state index in [4.69, 9.17) is 0 Å². The molecular formula is C9H15IO. The molecule has 2 heteroatoms. The summed E-state index contributed by atoms with van der Waals surface area (Å²) in [5.41, 5.74) is 0. The van der Waals surface area contributed by atoms with Gasteiger partial charge >= 0.3 is 0 Å². The monoisotopic (exact) mass is 266 g/mol. The first-order valence-corrected chi connectivity index (χ1v) is 5.19. The molecule has 0 bridgehead atoms. The van der Waals surface area contributed by atoms with Crippen LogP contribution in [-0.2, 0) is 4.79 Å². The van der Waals surface area contributed by atoms with Crippen LogP contribution in [0.5, 0.6) is 0 Å². The van der Waals surface area contributed by atoms with E-state index in [9.17, 15) is 4.79 Å². The topological polar surface area (TPSA) is 17.1 Å². The smallest absolute Gasteiger partial charge is 0.168 e. The Morgan fingerprint density at radius 1 is 1.45 bits per heavy atom. The van der Waals surface area contributed by atoms with Gasteiger partial charge in [-0.25, -0.2) is 0 Å². The second kappa shape index (κ2) is 6.83. The highest BCUT2D eigenvalue weighted by atomic mass is 127. The third kappa shape index (κ3) is 5.41. The van der Waals surface area contributed by atoms with E-state index in [1.165, 1.54) is 0 Å². The zero-order chi connectivity index (χ0) is 8.69. The molecule has 0 fully saturated rings. The summed E-state index contributed by atoms with van der Waals surface area (Å²) >= 11 is 2.12. The van der Waals surface area contributed by atoms with Gasteiger partial charge in [-0.2, -0.15) is 0 Å². The maximum absolute atomic E-state index is 11.2. The first kappa shape index (κ1) is 11.1. The lowest BCUT2D eigenvalue weighted by atomic mass is 10.2. The minimum atomic E-state index is 0.300. The maximum Gasteiger partial charge on any atom is 0.168 e. The molecule has 0 aromatic rings. The summed E-state index contributed by atoms with van der Waals surface area (Å²) < 4.78 is 0.901. The van der Waals surface area contributed by atoms with Crippen LogP contribution >= 0.6 is 22.6 Å². The summed E-state index contributed by atoms with van der Waals surface area (Å²) in [5, 5.41) is 0. The molecule has 0 unspecified atom stereocenters. The van der Waals surface area contributed by atoms with Crippen molar-refractivity contribution in [2.45, 2.75) is 39.5 Å². The Kier molecular flexibility index (Phi) is 6.91. The Bertz CT molecular complexity index is 150. The van der Waals surface area contributed by atoms with Crippen LogP contribution in [0, 0.1) is 0 Å². The molecule has 0 heterocycles. The van der Waals surface area contributed by atoms with E-state index < -0.39 is 0 Å². The summed E-state index contributed by atoms with van der Waals surface area (Å²) in [6.45, 7) is 4.15. The Labute approximate surface area is 82.4 Å². The van der Waals surface area contributed by atoms with Gasteiger partial charge in [-0.05, 0) is 35.4 Å². The zero-order valence-electron chi connectivity index (χ0n) is 7.19. The highest BCUT2D eigenvalue weighted by Gasteiger charge is 2.03. The van der Waals surface area contributed by atoms with E-state index in [2.05, 4.69) is 29.5 Å². The van der Waals surface area contributed by atoms with E-state index >= 15 is 0 Å². The van der Waals surface area contributed by atoms with Crippen molar-refractivity contribution < 1.29 is 4.79 Å². The standard InChI is InChI=1S/C9H15IO/c1-3-5-7-9(11)8(10)6-4-2/h6H,3-5,7H2,1-2H3/b8-6-. The zero-order valence-corrected chi connectivity index (χ0v) is 9.35. The maximum atomic E-state index is 11.2. The summed E-state index contributed by atoms with van der Waals surface area (Å²) in [7, 11) is 0. The Morgan fingerprint density at radius 2 is 2.09 bits per heavy atom. The van der Waals surface area contributed by atoms with Crippen LogP contribution in [0.15, 0.2) is 9.66 Å². The van der Waals surface area contributed by atoms with Crippen LogP contribution in [-0.4, -0.2) is 5.78 Å². The molecule has 0 atom stereocenters. The van der Waals surface area contributed by atoms with Crippen molar-refractivity contribution in [2.75, 3.05) is 0 Å². The number of rotatable bonds is 5.